The van der Waals surface area contributed by atoms with Gasteiger partial charge in [-0.1, -0.05) is 6.92 Å². The highest BCUT2D eigenvalue weighted by Crippen LogP contribution is 2.33. The van der Waals surface area contributed by atoms with E-state index < -0.39 is 61.5 Å². The third kappa shape index (κ3) is 4.52. The molecule has 29 heavy (non-hydrogen) atoms. The molecule has 0 saturated heterocycles. The van der Waals surface area contributed by atoms with Crippen molar-refractivity contribution < 1.29 is 39.6 Å². The van der Waals surface area contributed by atoms with Crippen molar-refractivity contribution >= 4 is 21.6 Å². The minimum atomic E-state index is -4.92. The van der Waals surface area contributed by atoms with Gasteiger partial charge in [-0.15, -0.1) is 0 Å². The summed E-state index contributed by atoms with van der Waals surface area (Å²) in [5, 5.41) is 3.54. The van der Waals surface area contributed by atoms with Crippen LogP contribution in [-0.2, 0) is 29.2 Å². The average molecular weight is 444 g/mol. The molecule has 0 aliphatic heterocycles. The lowest BCUT2D eigenvalue weighted by Crippen LogP contribution is -2.30. The molecule has 0 aliphatic carbocycles. The van der Waals surface area contributed by atoms with Gasteiger partial charge in [-0.3, -0.25) is 14.4 Å². The molecule has 0 N–H and O–H groups in total. The second-order valence-electron chi connectivity index (χ2n) is 5.85. The van der Waals surface area contributed by atoms with E-state index in [4.69, 9.17) is 0 Å². The van der Waals surface area contributed by atoms with Crippen LogP contribution in [0.5, 0.6) is 0 Å². The van der Waals surface area contributed by atoms with Gasteiger partial charge in [0.2, 0.25) is 0 Å². The van der Waals surface area contributed by atoms with Crippen molar-refractivity contribution in [2.75, 3.05) is 17.7 Å². The van der Waals surface area contributed by atoms with E-state index in [2.05, 4.69) is 10.1 Å². The van der Waals surface area contributed by atoms with Gasteiger partial charge in [0, 0.05) is 26.4 Å². The molecule has 2 heterocycles. The first-order chi connectivity index (χ1) is 13.1. The number of carbonyl (C=O) groups is 1. The van der Waals surface area contributed by atoms with Crippen molar-refractivity contribution in [1.82, 2.24) is 14.8 Å². The molecule has 2 aromatic rings. The summed E-state index contributed by atoms with van der Waals surface area (Å²) in [7, 11) is -2.34. The minimum absolute atomic E-state index is 0.270. The smallest absolute Gasteiger partial charge is 0.293 e. The first-order valence-electron chi connectivity index (χ1n) is 7.79. The van der Waals surface area contributed by atoms with Crippen LogP contribution in [0, 0.1) is 0 Å². The van der Waals surface area contributed by atoms with Gasteiger partial charge in [-0.2, -0.15) is 31.4 Å². The fourth-order valence-electron chi connectivity index (χ4n) is 2.30. The quantitative estimate of drug-likeness (QED) is 0.677. The molecule has 7 nitrogen and oxygen atoms in total. The van der Waals surface area contributed by atoms with E-state index in [-0.39, 0.29) is 12.3 Å². The number of halogens is 6. The van der Waals surface area contributed by atoms with Crippen LogP contribution >= 0.6 is 0 Å². The van der Waals surface area contributed by atoms with Crippen LogP contribution in [0.25, 0.3) is 0 Å². The standard InChI is InChI=1S/C15H14F6N4O3S/c1-4-29(27,28)9-5-8(14(16,17)18)7-22-12(9)13(26)24(2)11-6-10(15(19,20)21)25(3)23-11/h5-7H,4H2,1-3H3. The number of aromatic nitrogens is 3. The number of alkyl halides is 6. The zero-order valence-corrected chi connectivity index (χ0v) is 15.9. The van der Waals surface area contributed by atoms with Gasteiger partial charge in [0.1, 0.15) is 11.4 Å². The Morgan fingerprint density at radius 1 is 1.14 bits per heavy atom. The number of nitrogens with zero attached hydrogens (tertiary/aromatic N) is 4. The first-order valence-corrected chi connectivity index (χ1v) is 9.44. The van der Waals surface area contributed by atoms with Gasteiger partial charge in [-0.05, 0) is 6.07 Å². The summed E-state index contributed by atoms with van der Waals surface area (Å²) in [6.07, 6.45) is -9.41. The van der Waals surface area contributed by atoms with E-state index in [9.17, 15) is 39.6 Å². The Bertz CT molecular complexity index is 1040. The van der Waals surface area contributed by atoms with E-state index in [1.807, 2.05) is 0 Å². The maximum atomic E-state index is 12.9. The van der Waals surface area contributed by atoms with Gasteiger partial charge >= 0.3 is 12.4 Å². The molecular weight excluding hydrogens is 430 g/mol. The van der Waals surface area contributed by atoms with Gasteiger partial charge in [0.25, 0.3) is 5.91 Å². The highest BCUT2D eigenvalue weighted by Gasteiger charge is 2.37. The van der Waals surface area contributed by atoms with Crippen LogP contribution in [-0.4, -0.2) is 41.9 Å². The van der Waals surface area contributed by atoms with E-state index in [0.29, 0.717) is 15.6 Å². The SMILES string of the molecule is CCS(=O)(=O)c1cc(C(F)(F)F)cnc1C(=O)N(C)c1cc(C(F)(F)F)n(C)n1. The molecule has 0 aliphatic rings. The molecule has 0 atom stereocenters. The summed E-state index contributed by atoms with van der Waals surface area (Å²) in [5.41, 5.74) is -3.43. The summed E-state index contributed by atoms with van der Waals surface area (Å²) in [6.45, 7) is 1.15. The predicted molar refractivity (Wildman–Crippen MR) is 87.9 cm³/mol. The van der Waals surface area contributed by atoms with Crippen molar-refractivity contribution in [2.45, 2.75) is 24.2 Å². The van der Waals surface area contributed by atoms with Crippen molar-refractivity contribution in [3.8, 4) is 0 Å². The summed E-state index contributed by atoms with van der Waals surface area (Å²) in [6, 6.07) is 0.808. The number of hydrogen-bond acceptors (Lipinski definition) is 5. The number of amides is 1. The highest BCUT2D eigenvalue weighted by molar-refractivity contribution is 7.91. The molecule has 0 bridgehead atoms. The second kappa shape index (κ2) is 7.31. The van der Waals surface area contributed by atoms with Gasteiger partial charge in [-0.25, -0.2) is 13.4 Å². The number of aryl methyl sites for hydroxylation is 1. The Morgan fingerprint density at radius 2 is 1.72 bits per heavy atom. The number of carbonyl (C=O) groups excluding carboxylic acids is 1. The first kappa shape index (κ1) is 22.6. The largest absolute Gasteiger partial charge is 0.433 e. The number of rotatable bonds is 4. The number of pyridine rings is 1. The Hall–Kier alpha value is -2.64. The Morgan fingerprint density at radius 3 is 2.17 bits per heavy atom. The summed E-state index contributed by atoms with van der Waals surface area (Å²) in [4.78, 5) is 15.6. The summed E-state index contributed by atoms with van der Waals surface area (Å²) >= 11 is 0. The lowest BCUT2D eigenvalue weighted by molar-refractivity contribution is -0.143. The lowest BCUT2D eigenvalue weighted by Gasteiger charge is -2.17. The van der Waals surface area contributed by atoms with Crippen molar-refractivity contribution in [1.29, 1.82) is 0 Å². The van der Waals surface area contributed by atoms with Gasteiger partial charge in [0.05, 0.1) is 16.2 Å². The Labute approximate surface area is 160 Å². The Kier molecular flexibility index (Phi) is 5.71. The van der Waals surface area contributed by atoms with Gasteiger partial charge < -0.3 is 0 Å². The number of sulfone groups is 1. The molecule has 14 heteroatoms. The van der Waals surface area contributed by atoms with Crippen LogP contribution < -0.4 is 4.90 Å². The second-order valence-corrected chi connectivity index (χ2v) is 8.09. The summed E-state index contributed by atoms with van der Waals surface area (Å²) < 4.78 is 102. The molecule has 0 spiro atoms. The Balaban J connectivity index is 2.58. The minimum Gasteiger partial charge on any atom is -0.293 e. The molecule has 0 saturated carbocycles. The molecule has 0 fully saturated rings. The molecule has 160 valence electrons. The zero-order valence-electron chi connectivity index (χ0n) is 15.1. The number of anilines is 1. The third-order valence-electron chi connectivity index (χ3n) is 3.90. The highest BCUT2D eigenvalue weighted by atomic mass is 32.2. The van der Waals surface area contributed by atoms with Crippen LogP contribution in [0.15, 0.2) is 23.2 Å². The number of hydrogen-bond donors (Lipinski definition) is 0. The van der Waals surface area contributed by atoms with E-state index in [0.717, 1.165) is 21.0 Å². The maximum Gasteiger partial charge on any atom is 0.433 e. The van der Waals surface area contributed by atoms with Crippen molar-refractivity contribution in [2.24, 2.45) is 7.05 Å². The van der Waals surface area contributed by atoms with Crippen molar-refractivity contribution in [3.05, 3.63) is 35.3 Å². The molecule has 2 rings (SSSR count). The fourth-order valence-corrected chi connectivity index (χ4v) is 3.35. The van der Waals surface area contributed by atoms with E-state index in [1.165, 1.54) is 0 Å². The predicted octanol–water partition coefficient (Wildman–Crippen LogP) is 2.92. The monoisotopic (exact) mass is 444 g/mol. The van der Waals surface area contributed by atoms with Crippen LogP contribution in [0.3, 0.4) is 0 Å². The zero-order chi connectivity index (χ0) is 22.4. The van der Waals surface area contributed by atoms with E-state index in [1.54, 1.807) is 0 Å². The van der Waals surface area contributed by atoms with Gasteiger partial charge in [0.15, 0.2) is 15.7 Å². The molecular formula is C15H14F6N4O3S. The topological polar surface area (TPSA) is 85.2 Å². The maximum absolute atomic E-state index is 12.9. The van der Waals surface area contributed by atoms with Crippen molar-refractivity contribution in [3.63, 3.8) is 0 Å². The molecule has 1 amide bonds. The average Bonchev–Trinajstić information content (AvgIpc) is 3.01. The van der Waals surface area contributed by atoms with Crippen LogP contribution in [0.4, 0.5) is 32.2 Å². The molecule has 0 aromatic carbocycles. The lowest BCUT2D eigenvalue weighted by atomic mass is 10.2. The fraction of sp³-hybridized carbons (Fsp3) is 0.400. The third-order valence-corrected chi connectivity index (χ3v) is 5.64. The van der Waals surface area contributed by atoms with Crippen LogP contribution in [0.2, 0.25) is 0 Å². The summed E-state index contributed by atoms with van der Waals surface area (Å²) in [5.74, 6) is -2.36. The van der Waals surface area contributed by atoms with E-state index >= 15 is 0 Å². The molecule has 2 aromatic heterocycles. The normalized spacial score (nSPS) is 12.9. The molecule has 0 radical (unpaired) electrons. The van der Waals surface area contributed by atoms with Crippen LogP contribution in [0.1, 0.15) is 28.7 Å². The molecule has 0 unspecified atom stereocenters.